The van der Waals surface area contributed by atoms with Crippen LogP contribution in [0.1, 0.15) is 41.5 Å². The molecule has 2 N–H and O–H groups in total. The molecule has 0 unspecified atom stereocenters. The molecular formula is C19H32N2O4S. The van der Waals surface area contributed by atoms with Gasteiger partial charge < -0.3 is 15.4 Å². The van der Waals surface area contributed by atoms with Gasteiger partial charge in [-0.25, -0.2) is 8.42 Å². The second-order valence-electron chi connectivity index (χ2n) is 8.47. The van der Waals surface area contributed by atoms with E-state index in [9.17, 15) is 13.2 Å². The van der Waals surface area contributed by atoms with Crippen molar-refractivity contribution < 1.29 is 17.9 Å². The number of anilines is 1. The third-order valence-electron chi connectivity index (χ3n) is 4.21. The summed E-state index contributed by atoms with van der Waals surface area (Å²) in [7, 11) is -1.89. The highest BCUT2D eigenvalue weighted by Gasteiger charge is 2.32. The highest BCUT2D eigenvalue weighted by atomic mass is 32.2. The molecule has 0 aliphatic carbocycles. The van der Waals surface area contributed by atoms with Gasteiger partial charge in [-0.05, 0) is 38.3 Å². The van der Waals surface area contributed by atoms with Crippen LogP contribution in [0, 0.1) is 5.41 Å². The number of carbonyl (C=O) groups is 1. The van der Waals surface area contributed by atoms with Crippen molar-refractivity contribution in [2.24, 2.45) is 5.41 Å². The van der Waals surface area contributed by atoms with Crippen molar-refractivity contribution in [1.82, 2.24) is 5.32 Å². The van der Waals surface area contributed by atoms with Crippen LogP contribution in [0.5, 0.6) is 5.75 Å². The van der Waals surface area contributed by atoms with Crippen LogP contribution in [0.4, 0.5) is 5.69 Å². The monoisotopic (exact) mass is 384 g/mol. The summed E-state index contributed by atoms with van der Waals surface area (Å²) in [4.78, 5) is 12.2. The second kappa shape index (κ2) is 8.29. The zero-order valence-electron chi connectivity index (χ0n) is 16.8. The van der Waals surface area contributed by atoms with Gasteiger partial charge in [-0.2, -0.15) is 0 Å². The van der Waals surface area contributed by atoms with Gasteiger partial charge in [0.15, 0.2) is 9.84 Å². The van der Waals surface area contributed by atoms with Crippen LogP contribution in [0.25, 0.3) is 0 Å². The third kappa shape index (κ3) is 6.52. The minimum Gasteiger partial charge on any atom is -0.497 e. The lowest BCUT2D eigenvalue weighted by Crippen LogP contribution is -2.46. The molecule has 148 valence electrons. The predicted octanol–water partition coefficient (Wildman–Crippen LogP) is 2.85. The SMILES string of the molecule is COc1cccc(N[C@H](CNC(=O)CS(=O)(=O)C(C)(C)C)C(C)(C)C)c1. The summed E-state index contributed by atoms with van der Waals surface area (Å²) in [5, 5.41) is 6.15. The standard InChI is InChI=1S/C19H32N2O4S/c1-18(2,3)16(21-14-9-8-10-15(11-14)25-7)12-20-17(22)13-26(23,24)19(4,5)6/h8-11,16,21H,12-13H2,1-7H3,(H,20,22)/t16-/m1/s1. The molecule has 0 saturated carbocycles. The average molecular weight is 385 g/mol. The summed E-state index contributed by atoms with van der Waals surface area (Å²) in [6.45, 7) is 11.3. The van der Waals surface area contributed by atoms with Crippen LogP contribution in [0.15, 0.2) is 24.3 Å². The van der Waals surface area contributed by atoms with Gasteiger partial charge in [-0.15, -0.1) is 0 Å². The van der Waals surface area contributed by atoms with Gasteiger partial charge in [0.1, 0.15) is 11.5 Å². The summed E-state index contributed by atoms with van der Waals surface area (Å²) in [6, 6.07) is 7.46. The Bertz CT molecular complexity index is 716. The summed E-state index contributed by atoms with van der Waals surface area (Å²) in [5.41, 5.74) is 0.722. The van der Waals surface area contributed by atoms with Crippen LogP contribution in [0.2, 0.25) is 0 Å². The maximum atomic E-state index is 12.2. The van der Waals surface area contributed by atoms with E-state index in [1.165, 1.54) is 0 Å². The zero-order chi connectivity index (χ0) is 20.2. The van der Waals surface area contributed by atoms with Crippen LogP contribution < -0.4 is 15.4 Å². The number of nitrogens with one attached hydrogen (secondary N) is 2. The molecule has 0 aliphatic heterocycles. The molecule has 1 atom stereocenters. The molecule has 0 spiro atoms. The van der Waals surface area contributed by atoms with E-state index in [1.807, 2.05) is 24.3 Å². The van der Waals surface area contributed by atoms with Crippen LogP contribution >= 0.6 is 0 Å². The van der Waals surface area contributed by atoms with E-state index in [2.05, 4.69) is 31.4 Å². The Hall–Kier alpha value is -1.76. The van der Waals surface area contributed by atoms with Gasteiger partial charge >= 0.3 is 0 Å². The Morgan fingerprint density at radius 2 is 1.77 bits per heavy atom. The van der Waals surface area contributed by atoms with E-state index >= 15 is 0 Å². The molecule has 0 heterocycles. The maximum Gasteiger partial charge on any atom is 0.235 e. The lowest BCUT2D eigenvalue weighted by Gasteiger charge is -2.32. The number of amides is 1. The second-order valence-corrected chi connectivity index (χ2v) is 11.2. The topological polar surface area (TPSA) is 84.5 Å². The molecule has 0 saturated heterocycles. The van der Waals surface area contributed by atoms with Gasteiger partial charge in [0.25, 0.3) is 0 Å². The van der Waals surface area contributed by atoms with E-state index in [0.29, 0.717) is 6.54 Å². The summed E-state index contributed by atoms with van der Waals surface area (Å²) in [6.07, 6.45) is 0. The fourth-order valence-corrected chi connectivity index (χ4v) is 3.02. The number of rotatable bonds is 7. The molecule has 1 aromatic carbocycles. The summed E-state index contributed by atoms with van der Waals surface area (Å²) >= 11 is 0. The van der Waals surface area contributed by atoms with Crippen molar-refractivity contribution in [2.45, 2.75) is 52.3 Å². The van der Waals surface area contributed by atoms with Crippen molar-refractivity contribution in [1.29, 1.82) is 0 Å². The highest BCUT2D eigenvalue weighted by molar-refractivity contribution is 7.93. The van der Waals surface area contributed by atoms with Crippen LogP contribution in [-0.4, -0.2) is 44.5 Å². The van der Waals surface area contributed by atoms with Gasteiger partial charge in [0.05, 0.1) is 11.9 Å². The molecule has 0 aliphatic rings. The molecule has 1 aromatic rings. The van der Waals surface area contributed by atoms with Gasteiger partial charge in [-0.1, -0.05) is 26.8 Å². The first-order valence-electron chi connectivity index (χ1n) is 8.66. The zero-order valence-corrected chi connectivity index (χ0v) is 17.7. The Labute approximate surface area is 157 Å². The number of methoxy groups -OCH3 is 1. The Kier molecular flexibility index (Phi) is 7.10. The summed E-state index contributed by atoms with van der Waals surface area (Å²) < 4.78 is 28.6. The molecule has 0 bridgehead atoms. The minimum absolute atomic E-state index is 0.0871. The lowest BCUT2D eigenvalue weighted by atomic mass is 9.86. The van der Waals surface area contributed by atoms with Crippen LogP contribution in [-0.2, 0) is 14.6 Å². The molecule has 1 amide bonds. The number of sulfone groups is 1. The number of hydrogen-bond donors (Lipinski definition) is 2. The fourth-order valence-electron chi connectivity index (χ4n) is 2.14. The maximum absolute atomic E-state index is 12.2. The molecule has 26 heavy (non-hydrogen) atoms. The Morgan fingerprint density at radius 1 is 1.15 bits per heavy atom. The van der Waals surface area contributed by atoms with E-state index in [0.717, 1.165) is 11.4 Å². The average Bonchev–Trinajstić information content (AvgIpc) is 2.48. The first-order chi connectivity index (χ1) is 11.8. The van der Waals surface area contributed by atoms with Crippen molar-refractivity contribution in [3.8, 4) is 5.75 Å². The molecule has 0 radical (unpaired) electrons. The highest BCUT2D eigenvalue weighted by Crippen LogP contribution is 2.25. The van der Waals surface area contributed by atoms with Crippen molar-refractivity contribution in [3.05, 3.63) is 24.3 Å². The number of hydrogen-bond acceptors (Lipinski definition) is 5. The first kappa shape index (κ1) is 22.3. The van der Waals surface area contributed by atoms with Crippen molar-refractivity contribution in [2.75, 3.05) is 24.7 Å². The lowest BCUT2D eigenvalue weighted by molar-refractivity contribution is -0.118. The summed E-state index contributed by atoms with van der Waals surface area (Å²) in [5.74, 6) is -0.253. The quantitative estimate of drug-likeness (QED) is 0.755. The molecule has 0 aromatic heterocycles. The fraction of sp³-hybridized carbons (Fsp3) is 0.632. The van der Waals surface area contributed by atoms with Crippen LogP contribution in [0.3, 0.4) is 0 Å². The van der Waals surface area contributed by atoms with Gasteiger partial charge in [0.2, 0.25) is 5.91 Å². The molecular weight excluding hydrogens is 352 g/mol. The number of benzene rings is 1. The Morgan fingerprint density at radius 3 is 2.27 bits per heavy atom. The third-order valence-corrected chi connectivity index (χ3v) is 6.72. The minimum atomic E-state index is -3.50. The van der Waals surface area contributed by atoms with Gasteiger partial charge in [-0.3, -0.25) is 4.79 Å². The van der Waals surface area contributed by atoms with E-state index in [-0.39, 0.29) is 11.5 Å². The van der Waals surface area contributed by atoms with Crippen molar-refractivity contribution >= 4 is 21.4 Å². The van der Waals surface area contributed by atoms with Crippen molar-refractivity contribution in [3.63, 3.8) is 0 Å². The smallest absolute Gasteiger partial charge is 0.235 e. The first-order valence-corrected chi connectivity index (χ1v) is 10.3. The molecule has 6 nitrogen and oxygen atoms in total. The number of carbonyl (C=O) groups excluding carboxylic acids is 1. The van der Waals surface area contributed by atoms with E-state index in [1.54, 1.807) is 27.9 Å². The van der Waals surface area contributed by atoms with E-state index < -0.39 is 26.2 Å². The molecule has 0 fully saturated rings. The Balaban J connectivity index is 2.79. The number of ether oxygens (including phenoxy) is 1. The van der Waals surface area contributed by atoms with Gasteiger partial charge in [0, 0.05) is 24.3 Å². The predicted molar refractivity (Wildman–Crippen MR) is 106 cm³/mol. The normalized spacial score (nSPS) is 13.8. The molecule has 1 rings (SSSR count). The largest absolute Gasteiger partial charge is 0.497 e. The molecule has 7 heteroatoms. The van der Waals surface area contributed by atoms with E-state index in [4.69, 9.17) is 4.74 Å².